The van der Waals surface area contributed by atoms with Crippen molar-refractivity contribution in [1.82, 2.24) is 19.9 Å². The van der Waals surface area contributed by atoms with Gasteiger partial charge in [0.1, 0.15) is 5.82 Å². The SMILES string of the molecule is Fc1cc(-c2nc(N3CCOCC3)c3sc(CN4CC[C@@H]5CCC[C@@H]5C4)cc3n2)c2cc[nH]c2c1. The minimum absolute atomic E-state index is 0.284. The van der Waals surface area contributed by atoms with E-state index in [0.29, 0.717) is 19.0 Å². The Balaban J connectivity index is 1.29. The minimum Gasteiger partial charge on any atom is -0.378 e. The van der Waals surface area contributed by atoms with Crippen LogP contribution in [0.1, 0.15) is 30.6 Å². The fraction of sp³-hybridized carbons (Fsp3) is 0.481. The number of thiophene rings is 1. The molecule has 3 aromatic heterocycles. The molecule has 1 N–H and O–H groups in total. The van der Waals surface area contributed by atoms with Gasteiger partial charge in [0.2, 0.25) is 0 Å². The second-order valence-corrected chi connectivity index (χ2v) is 11.4. The van der Waals surface area contributed by atoms with Gasteiger partial charge in [0.25, 0.3) is 0 Å². The van der Waals surface area contributed by atoms with Crippen molar-refractivity contribution in [2.45, 2.75) is 32.2 Å². The first-order valence-corrected chi connectivity index (χ1v) is 13.7. The van der Waals surface area contributed by atoms with E-state index in [4.69, 9.17) is 14.7 Å². The van der Waals surface area contributed by atoms with Gasteiger partial charge in [0.05, 0.1) is 23.4 Å². The molecule has 0 bridgehead atoms. The molecule has 0 unspecified atom stereocenters. The molecule has 6 nitrogen and oxygen atoms in total. The van der Waals surface area contributed by atoms with Gasteiger partial charge in [0, 0.05) is 53.7 Å². The number of morpholine rings is 1. The first-order valence-electron chi connectivity index (χ1n) is 12.8. The smallest absolute Gasteiger partial charge is 0.163 e. The van der Waals surface area contributed by atoms with Gasteiger partial charge in [-0.15, -0.1) is 11.3 Å². The van der Waals surface area contributed by atoms with E-state index in [2.05, 4.69) is 20.9 Å². The summed E-state index contributed by atoms with van der Waals surface area (Å²) in [6.45, 7) is 6.38. The molecular formula is C27H30FN5OS. The largest absolute Gasteiger partial charge is 0.378 e. The molecule has 182 valence electrons. The van der Waals surface area contributed by atoms with Crippen molar-refractivity contribution in [1.29, 1.82) is 0 Å². The van der Waals surface area contributed by atoms with Crippen molar-refractivity contribution in [2.24, 2.45) is 11.8 Å². The number of hydrogen-bond acceptors (Lipinski definition) is 6. The van der Waals surface area contributed by atoms with Gasteiger partial charge in [-0.1, -0.05) is 12.8 Å². The highest BCUT2D eigenvalue weighted by atomic mass is 32.1. The van der Waals surface area contributed by atoms with Crippen molar-refractivity contribution >= 4 is 38.3 Å². The summed E-state index contributed by atoms with van der Waals surface area (Å²) in [6, 6.07) is 7.29. The highest BCUT2D eigenvalue weighted by Gasteiger charge is 2.33. The highest BCUT2D eigenvalue weighted by molar-refractivity contribution is 7.19. The molecule has 35 heavy (non-hydrogen) atoms. The normalized spacial score (nSPS) is 23.4. The number of halogens is 1. The summed E-state index contributed by atoms with van der Waals surface area (Å²) in [5.41, 5.74) is 2.45. The van der Waals surface area contributed by atoms with Crippen LogP contribution in [0, 0.1) is 17.7 Å². The van der Waals surface area contributed by atoms with Crippen LogP contribution >= 0.6 is 11.3 Å². The molecule has 2 atom stereocenters. The number of aromatic nitrogens is 3. The number of fused-ring (bicyclic) bond motifs is 3. The second kappa shape index (κ2) is 8.84. The van der Waals surface area contributed by atoms with Gasteiger partial charge < -0.3 is 14.6 Å². The van der Waals surface area contributed by atoms with E-state index in [1.807, 2.05) is 23.6 Å². The number of aromatic amines is 1. The maximum Gasteiger partial charge on any atom is 0.163 e. The molecular weight excluding hydrogens is 461 g/mol. The number of piperidine rings is 1. The Labute approximate surface area is 208 Å². The summed E-state index contributed by atoms with van der Waals surface area (Å²) in [5.74, 6) is 3.08. The zero-order valence-corrected chi connectivity index (χ0v) is 20.6. The fourth-order valence-corrected chi connectivity index (χ4v) is 7.49. The Morgan fingerprint density at radius 2 is 1.94 bits per heavy atom. The molecule has 0 radical (unpaired) electrons. The summed E-state index contributed by atoms with van der Waals surface area (Å²) >= 11 is 1.82. The van der Waals surface area contributed by atoms with Crippen LogP contribution in [0.3, 0.4) is 0 Å². The first-order chi connectivity index (χ1) is 17.2. The molecule has 3 aliphatic rings. The maximum absolute atomic E-state index is 14.5. The number of nitrogens with zero attached hydrogens (tertiary/aromatic N) is 4. The number of benzene rings is 1. The third kappa shape index (κ3) is 4.01. The van der Waals surface area contributed by atoms with E-state index in [-0.39, 0.29) is 5.82 Å². The van der Waals surface area contributed by atoms with Crippen LogP contribution in [-0.4, -0.2) is 59.2 Å². The zero-order chi connectivity index (χ0) is 23.4. The van der Waals surface area contributed by atoms with E-state index >= 15 is 0 Å². The van der Waals surface area contributed by atoms with Crippen LogP contribution in [0.4, 0.5) is 10.2 Å². The van der Waals surface area contributed by atoms with E-state index in [1.165, 1.54) is 49.7 Å². The lowest BCUT2D eigenvalue weighted by atomic mass is 9.89. The van der Waals surface area contributed by atoms with Gasteiger partial charge >= 0.3 is 0 Å². The number of ether oxygens (including phenoxy) is 1. The van der Waals surface area contributed by atoms with Crippen molar-refractivity contribution in [2.75, 3.05) is 44.3 Å². The Morgan fingerprint density at radius 3 is 2.86 bits per heavy atom. The molecule has 1 aliphatic carbocycles. The van der Waals surface area contributed by atoms with Gasteiger partial charge in [-0.3, -0.25) is 4.90 Å². The number of anilines is 1. The lowest BCUT2D eigenvalue weighted by Gasteiger charge is -2.34. The molecule has 0 amide bonds. The maximum atomic E-state index is 14.5. The van der Waals surface area contributed by atoms with Gasteiger partial charge in [-0.2, -0.15) is 0 Å². The van der Waals surface area contributed by atoms with Crippen molar-refractivity contribution in [3.63, 3.8) is 0 Å². The summed E-state index contributed by atoms with van der Waals surface area (Å²) in [7, 11) is 0. The van der Waals surface area contributed by atoms with Gasteiger partial charge in [-0.05, 0) is 55.5 Å². The summed E-state index contributed by atoms with van der Waals surface area (Å²) in [6.07, 6.45) is 7.40. The molecule has 1 saturated carbocycles. The van der Waals surface area contributed by atoms with E-state index < -0.39 is 0 Å². The molecule has 2 saturated heterocycles. The van der Waals surface area contributed by atoms with Crippen molar-refractivity contribution in [3.8, 4) is 11.4 Å². The summed E-state index contributed by atoms with van der Waals surface area (Å²) < 4.78 is 21.2. The topological polar surface area (TPSA) is 57.3 Å². The Hall–Kier alpha value is -2.55. The standard InChI is InChI=1S/C27H30FN5OS/c28-19-12-22(21-4-6-29-23(21)13-19)26-30-24-14-20(16-32-7-5-17-2-1-3-18(17)15-32)35-25(24)27(31-26)33-8-10-34-11-9-33/h4,6,12-14,17-18,29H,1-3,5,7-11,15-16H2/t17-,18+/m0/s1. The average Bonchev–Trinajstić information content (AvgIpc) is 3.62. The molecule has 1 aromatic carbocycles. The molecule has 7 rings (SSSR count). The molecule has 2 aliphatic heterocycles. The van der Waals surface area contributed by atoms with E-state index in [9.17, 15) is 4.39 Å². The van der Waals surface area contributed by atoms with Crippen LogP contribution in [0.2, 0.25) is 0 Å². The van der Waals surface area contributed by atoms with Crippen LogP contribution in [0.15, 0.2) is 30.5 Å². The number of rotatable bonds is 4. The zero-order valence-electron chi connectivity index (χ0n) is 19.8. The Bertz CT molecular complexity index is 1380. The lowest BCUT2D eigenvalue weighted by Crippen LogP contribution is -2.37. The van der Waals surface area contributed by atoms with Crippen LogP contribution < -0.4 is 4.90 Å². The van der Waals surface area contributed by atoms with Gasteiger partial charge in [0.15, 0.2) is 11.6 Å². The summed E-state index contributed by atoms with van der Waals surface area (Å²) in [5, 5.41) is 0.938. The Morgan fingerprint density at radius 1 is 1.06 bits per heavy atom. The van der Waals surface area contributed by atoms with E-state index in [0.717, 1.165) is 64.0 Å². The monoisotopic (exact) mass is 491 g/mol. The lowest BCUT2D eigenvalue weighted by molar-refractivity contribution is 0.122. The van der Waals surface area contributed by atoms with Crippen LogP contribution in [0.25, 0.3) is 32.5 Å². The van der Waals surface area contributed by atoms with Crippen molar-refractivity contribution in [3.05, 3.63) is 41.2 Å². The molecule has 8 heteroatoms. The minimum atomic E-state index is -0.284. The molecule has 3 fully saturated rings. The quantitative estimate of drug-likeness (QED) is 0.412. The summed E-state index contributed by atoms with van der Waals surface area (Å²) in [4.78, 5) is 19.4. The Kier molecular flexibility index (Phi) is 5.48. The van der Waals surface area contributed by atoms with Crippen LogP contribution in [0.5, 0.6) is 0 Å². The second-order valence-electron chi connectivity index (χ2n) is 10.3. The van der Waals surface area contributed by atoms with Gasteiger partial charge in [-0.25, -0.2) is 14.4 Å². The average molecular weight is 492 g/mol. The number of hydrogen-bond donors (Lipinski definition) is 1. The number of H-pyrrole nitrogens is 1. The number of likely N-dealkylation sites (tertiary alicyclic amines) is 1. The van der Waals surface area contributed by atoms with Crippen LogP contribution in [-0.2, 0) is 11.3 Å². The molecule has 0 spiro atoms. The van der Waals surface area contributed by atoms with Crippen molar-refractivity contribution < 1.29 is 9.13 Å². The third-order valence-electron chi connectivity index (χ3n) is 8.09. The number of nitrogens with one attached hydrogen (secondary N) is 1. The predicted molar refractivity (Wildman–Crippen MR) is 138 cm³/mol. The predicted octanol–water partition coefficient (Wildman–Crippen LogP) is 5.44. The van der Waals surface area contributed by atoms with E-state index in [1.54, 1.807) is 6.07 Å². The third-order valence-corrected chi connectivity index (χ3v) is 9.20. The molecule has 4 aromatic rings. The first kappa shape index (κ1) is 21.7. The molecule has 5 heterocycles. The highest BCUT2D eigenvalue weighted by Crippen LogP contribution is 2.40. The fourth-order valence-electron chi connectivity index (χ4n) is 6.34.